The van der Waals surface area contributed by atoms with Gasteiger partial charge in [0.2, 0.25) is 0 Å². The van der Waals surface area contributed by atoms with Gasteiger partial charge in [0.1, 0.15) is 11.4 Å². The number of carbonyl (C=O) groups is 3. The van der Waals surface area contributed by atoms with Crippen LogP contribution in [0.15, 0.2) is 54.3 Å². The molecule has 13 heteroatoms. The fourth-order valence-corrected chi connectivity index (χ4v) is 7.25. The van der Waals surface area contributed by atoms with E-state index in [1.807, 2.05) is 49.6 Å². The molecular weight excluding hydrogens is 633 g/mol. The van der Waals surface area contributed by atoms with Gasteiger partial charge in [-0.2, -0.15) is 0 Å². The van der Waals surface area contributed by atoms with Gasteiger partial charge in [0, 0.05) is 66.8 Å². The fraction of sp³-hybridized carbons (Fsp3) is 0.400. The molecule has 11 nitrogen and oxygen atoms in total. The van der Waals surface area contributed by atoms with Crippen LogP contribution in [0.25, 0.3) is 11.1 Å². The molecule has 7 rings (SSSR count). The minimum absolute atomic E-state index is 0.0449. The van der Waals surface area contributed by atoms with E-state index in [0.717, 1.165) is 49.3 Å². The van der Waals surface area contributed by atoms with Crippen LogP contribution in [0.1, 0.15) is 67.0 Å². The van der Waals surface area contributed by atoms with Crippen molar-refractivity contribution in [2.45, 2.75) is 64.8 Å². The molecule has 3 amide bonds. The Hall–Kier alpha value is -4.78. The number of rotatable bonds is 6. The number of aromatic nitrogens is 3. The summed E-state index contributed by atoms with van der Waals surface area (Å²) >= 11 is 1.28. The molecule has 0 spiro atoms. The predicted molar refractivity (Wildman–Crippen MR) is 180 cm³/mol. The highest BCUT2D eigenvalue weighted by molar-refractivity contribution is 7.13. The molecule has 0 radical (unpaired) electrons. The third kappa shape index (κ3) is 6.26. The minimum Gasteiger partial charge on any atom is -0.444 e. The van der Waals surface area contributed by atoms with E-state index < -0.39 is 29.3 Å². The standard InChI is InChI=1S/C35H38FN7O4S/c1-35(2,3)47-34(46)41-14-5-13-40(15-16-41)24-9-7-22(8-10-24)23-18-25-26(27(36)19-23)20-43(32(25)45)30(31(44)39-33-37-11-17-48-33)29-28-6-4-12-42(28)21-38-29/h7-11,17-19,21,30H,4-6,12-16,20H2,1-3H3,(H,37,39,44). The van der Waals surface area contributed by atoms with Gasteiger partial charge in [-0.15, -0.1) is 11.3 Å². The second kappa shape index (κ2) is 12.7. The van der Waals surface area contributed by atoms with Gasteiger partial charge in [0.15, 0.2) is 11.2 Å². The first-order valence-electron chi connectivity index (χ1n) is 16.3. The van der Waals surface area contributed by atoms with E-state index in [9.17, 15) is 14.4 Å². The average Bonchev–Trinajstić information content (AvgIpc) is 3.83. The number of anilines is 2. The maximum absolute atomic E-state index is 15.8. The van der Waals surface area contributed by atoms with Crippen LogP contribution in [0.5, 0.6) is 0 Å². The number of aryl methyl sites for hydroxylation is 1. The van der Waals surface area contributed by atoms with Crippen LogP contribution >= 0.6 is 11.3 Å². The topological polar surface area (TPSA) is 113 Å². The van der Waals surface area contributed by atoms with Gasteiger partial charge < -0.3 is 24.0 Å². The Morgan fingerprint density at radius 1 is 1.00 bits per heavy atom. The lowest BCUT2D eigenvalue weighted by Gasteiger charge is -2.27. The highest BCUT2D eigenvalue weighted by Crippen LogP contribution is 2.38. The Bertz CT molecular complexity index is 1850. The molecule has 2 aromatic carbocycles. The molecule has 2 aromatic heterocycles. The zero-order valence-corrected chi connectivity index (χ0v) is 28.1. The lowest BCUT2D eigenvalue weighted by atomic mass is 9.99. The number of hydrogen-bond acceptors (Lipinski definition) is 8. The summed E-state index contributed by atoms with van der Waals surface area (Å²) in [5.74, 6) is -1.34. The number of ether oxygens (including phenoxy) is 1. The summed E-state index contributed by atoms with van der Waals surface area (Å²) in [7, 11) is 0. The number of hydrogen-bond donors (Lipinski definition) is 1. The van der Waals surface area contributed by atoms with Gasteiger partial charge in [0.25, 0.3) is 11.8 Å². The van der Waals surface area contributed by atoms with Crippen molar-refractivity contribution in [3.05, 3.63) is 82.6 Å². The largest absolute Gasteiger partial charge is 0.444 e. The molecule has 250 valence electrons. The summed E-state index contributed by atoms with van der Waals surface area (Å²) in [5, 5.41) is 5.01. The van der Waals surface area contributed by atoms with Crippen LogP contribution < -0.4 is 10.2 Å². The molecule has 1 fully saturated rings. The zero-order valence-electron chi connectivity index (χ0n) is 27.2. The zero-order chi connectivity index (χ0) is 33.6. The van der Waals surface area contributed by atoms with Crippen LogP contribution in [0, 0.1) is 5.82 Å². The molecule has 1 unspecified atom stereocenters. The molecule has 0 bridgehead atoms. The number of imidazole rings is 1. The third-order valence-corrected chi connectivity index (χ3v) is 9.69. The smallest absolute Gasteiger partial charge is 0.410 e. The lowest BCUT2D eigenvalue weighted by Crippen LogP contribution is -2.39. The molecule has 1 N–H and O–H groups in total. The summed E-state index contributed by atoms with van der Waals surface area (Å²) in [6.07, 6.45) is 5.49. The SMILES string of the molecule is CC(C)(C)OC(=O)N1CCCN(c2ccc(-c3cc(F)c4c(c3)C(=O)N(C(C(=O)Nc3nccs3)c3ncn5c3CCC5)C4)cc2)CC1. The summed E-state index contributed by atoms with van der Waals surface area (Å²) in [6, 6.07) is 9.94. The Morgan fingerprint density at radius 3 is 2.56 bits per heavy atom. The van der Waals surface area contributed by atoms with Gasteiger partial charge in [0.05, 0.1) is 18.6 Å². The van der Waals surface area contributed by atoms with Crippen molar-refractivity contribution < 1.29 is 23.5 Å². The van der Waals surface area contributed by atoms with Crippen molar-refractivity contribution in [2.24, 2.45) is 0 Å². The number of thiazole rings is 1. The van der Waals surface area contributed by atoms with E-state index in [2.05, 4.69) is 20.2 Å². The summed E-state index contributed by atoms with van der Waals surface area (Å²) in [4.78, 5) is 54.5. The van der Waals surface area contributed by atoms with Crippen molar-refractivity contribution in [3.8, 4) is 11.1 Å². The van der Waals surface area contributed by atoms with E-state index in [0.29, 0.717) is 36.0 Å². The van der Waals surface area contributed by atoms with Gasteiger partial charge in [-0.1, -0.05) is 12.1 Å². The Balaban J connectivity index is 1.10. The lowest BCUT2D eigenvalue weighted by molar-refractivity contribution is -0.121. The monoisotopic (exact) mass is 671 g/mol. The predicted octanol–water partition coefficient (Wildman–Crippen LogP) is 5.87. The van der Waals surface area contributed by atoms with Crippen molar-refractivity contribution in [3.63, 3.8) is 0 Å². The van der Waals surface area contributed by atoms with E-state index in [1.165, 1.54) is 22.3 Å². The number of halogens is 1. The number of benzene rings is 2. The number of nitrogens with zero attached hydrogens (tertiary/aromatic N) is 6. The maximum Gasteiger partial charge on any atom is 0.410 e. The molecule has 3 aliphatic heterocycles. The first-order chi connectivity index (χ1) is 23.1. The molecule has 0 saturated carbocycles. The van der Waals surface area contributed by atoms with E-state index in [1.54, 1.807) is 28.9 Å². The maximum atomic E-state index is 15.8. The Kier molecular flexibility index (Phi) is 8.40. The molecule has 48 heavy (non-hydrogen) atoms. The Morgan fingerprint density at radius 2 is 1.81 bits per heavy atom. The molecular formula is C35H38FN7O4S. The third-order valence-electron chi connectivity index (χ3n) is 9.00. The summed E-state index contributed by atoms with van der Waals surface area (Å²) in [6.45, 7) is 8.97. The quantitative estimate of drug-likeness (QED) is 0.273. The van der Waals surface area contributed by atoms with Crippen molar-refractivity contribution in [1.82, 2.24) is 24.3 Å². The molecule has 5 heterocycles. The second-order valence-electron chi connectivity index (χ2n) is 13.4. The number of amides is 3. The fourth-order valence-electron chi connectivity index (χ4n) is 6.71. The molecule has 4 aromatic rings. The van der Waals surface area contributed by atoms with Gasteiger partial charge in [-0.05, 0) is 75.4 Å². The number of nitrogens with one attached hydrogen (secondary N) is 1. The normalized spacial score (nSPS) is 16.8. The van der Waals surface area contributed by atoms with Crippen molar-refractivity contribution in [2.75, 3.05) is 36.4 Å². The van der Waals surface area contributed by atoms with E-state index in [-0.39, 0.29) is 23.8 Å². The number of carbonyl (C=O) groups excluding carboxylic acids is 3. The van der Waals surface area contributed by atoms with Crippen LogP contribution in [0.2, 0.25) is 0 Å². The van der Waals surface area contributed by atoms with Crippen LogP contribution in [-0.2, 0) is 29.0 Å². The summed E-state index contributed by atoms with van der Waals surface area (Å²) < 4.78 is 23.3. The van der Waals surface area contributed by atoms with Gasteiger partial charge >= 0.3 is 6.09 Å². The van der Waals surface area contributed by atoms with Crippen molar-refractivity contribution in [1.29, 1.82) is 0 Å². The number of fused-ring (bicyclic) bond motifs is 2. The molecule has 1 saturated heterocycles. The average molecular weight is 672 g/mol. The van der Waals surface area contributed by atoms with Gasteiger partial charge in [-0.3, -0.25) is 14.9 Å². The minimum atomic E-state index is -1.04. The highest BCUT2D eigenvalue weighted by atomic mass is 32.1. The summed E-state index contributed by atoms with van der Waals surface area (Å²) in [5.41, 5.74) is 3.73. The molecule has 0 aliphatic carbocycles. The second-order valence-corrected chi connectivity index (χ2v) is 14.3. The van der Waals surface area contributed by atoms with Crippen LogP contribution in [0.4, 0.5) is 20.0 Å². The Labute approximate surface area is 282 Å². The first kappa shape index (κ1) is 31.8. The van der Waals surface area contributed by atoms with Gasteiger partial charge in [-0.25, -0.2) is 19.2 Å². The van der Waals surface area contributed by atoms with E-state index in [4.69, 9.17) is 4.74 Å². The van der Waals surface area contributed by atoms with E-state index >= 15 is 4.39 Å². The first-order valence-corrected chi connectivity index (χ1v) is 17.1. The van der Waals surface area contributed by atoms with Crippen LogP contribution in [0.3, 0.4) is 0 Å². The molecule has 3 aliphatic rings. The van der Waals surface area contributed by atoms with Crippen molar-refractivity contribution >= 4 is 40.1 Å². The molecule has 1 atom stereocenters. The highest BCUT2D eigenvalue weighted by Gasteiger charge is 2.42. The van der Waals surface area contributed by atoms with Crippen LogP contribution in [-0.4, -0.2) is 74.0 Å².